The molecule has 0 saturated carbocycles. The summed E-state index contributed by atoms with van der Waals surface area (Å²) in [6.45, 7) is 4.16. The minimum Gasteiger partial charge on any atom is -0.337 e. The number of amides is 3. The molecule has 3 amide bonds. The number of carbonyl (C=O) groups is 2. The van der Waals surface area contributed by atoms with Gasteiger partial charge < -0.3 is 15.1 Å². The van der Waals surface area contributed by atoms with Crippen molar-refractivity contribution in [2.24, 2.45) is 0 Å². The number of aromatic nitrogens is 3. The molecule has 0 radical (unpaired) electrons. The van der Waals surface area contributed by atoms with Crippen LogP contribution in [-0.4, -0.2) is 62.7 Å². The summed E-state index contributed by atoms with van der Waals surface area (Å²) in [6, 6.07) is 12.8. The van der Waals surface area contributed by atoms with E-state index in [1.54, 1.807) is 46.4 Å². The minimum absolute atomic E-state index is 0.00851. The Bertz CT molecular complexity index is 1030. The molecule has 0 bridgehead atoms. The molecule has 8 heteroatoms. The second-order valence-corrected chi connectivity index (χ2v) is 7.26. The van der Waals surface area contributed by atoms with Crippen LogP contribution in [-0.2, 0) is 0 Å². The predicted octanol–water partition coefficient (Wildman–Crippen LogP) is 2.96. The van der Waals surface area contributed by atoms with Crippen LogP contribution in [0.25, 0.3) is 5.82 Å². The second kappa shape index (κ2) is 8.77. The Morgan fingerprint density at radius 1 is 0.967 bits per heavy atom. The number of benzene rings is 1. The molecular weight excluding hydrogens is 380 g/mol. The largest absolute Gasteiger partial charge is 0.337 e. The maximum absolute atomic E-state index is 12.9. The number of hydrogen-bond donors (Lipinski definition) is 1. The summed E-state index contributed by atoms with van der Waals surface area (Å²) >= 11 is 0. The molecule has 0 atom stereocenters. The molecule has 1 saturated heterocycles. The standard InChI is InChI=1S/C22H24N6O2/c1-17-6-2-7-18(16-17)21(29)26-11-5-12-27(15-14-26)22(30)25-19-8-3-9-23-20(19)28-13-4-10-24-28/h2-4,6-10,13,16H,5,11-12,14-15H2,1H3,(H,25,30). The zero-order valence-corrected chi connectivity index (χ0v) is 16.9. The van der Waals surface area contributed by atoms with Crippen molar-refractivity contribution in [3.05, 3.63) is 72.2 Å². The summed E-state index contributed by atoms with van der Waals surface area (Å²) < 4.78 is 1.61. The van der Waals surface area contributed by atoms with Crippen LogP contribution in [0, 0.1) is 6.92 Å². The average Bonchev–Trinajstić information content (AvgIpc) is 3.17. The van der Waals surface area contributed by atoms with Crippen molar-refractivity contribution in [2.45, 2.75) is 13.3 Å². The van der Waals surface area contributed by atoms with E-state index in [1.807, 2.05) is 36.1 Å². The lowest BCUT2D eigenvalue weighted by Crippen LogP contribution is -2.39. The monoisotopic (exact) mass is 404 g/mol. The zero-order chi connectivity index (χ0) is 20.9. The maximum atomic E-state index is 12.9. The van der Waals surface area contributed by atoms with Crippen molar-refractivity contribution in [3.8, 4) is 5.82 Å². The molecule has 8 nitrogen and oxygen atoms in total. The molecular formula is C22H24N6O2. The Kier molecular flexibility index (Phi) is 5.74. The summed E-state index contributed by atoms with van der Waals surface area (Å²) in [5.41, 5.74) is 2.33. The summed E-state index contributed by atoms with van der Waals surface area (Å²) in [5.74, 6) is 0.566. The van der Waals surface area contributed by atoms with E-state index in [9.17, 15) is 9.59 Å². The number of nitrogens with one attached hydrogen (secondary N) is 1. The van der Waals surface area contributed by atoms with Crippen LogP contribution in [0.2, 0.25) is 0 Å². The van der Waals surface area contributed by atoms with Gasteiger partial charge in [0.2, 0.25) is 0 Å². The number of rotatable bonds is 3. The molecule has 1 fully saturated rings. The van der Waals surface area contributed by atoms with E-state index in [-0.39, 0.29) is 11.9 Å². The van der Waals surface area contributed by atoms with Crippen molar-refractivity contribution < 1.29 is 9.59 Å². The lowest BCUT2D eigenvalue weighted by atomic mass is 10.1. The van der Waals surface area contributed by atoms with Crippen molar-refractivity contribution in [1.29, 1.82) is 0 Å². The van der Waals surface area contributed by atoms with Gasteiger partial charge in [-0.25, -0.2) is 14.5 Å². The molecule has 0 unspecified atom stereocenters. The Morgan fingerprint density at radius 2 is 1.80 bits per heavy atom. The number of carbonyl (C=O) groups excluding carboxylic acids is 2. The predicted molar refractivity (Wildman–Crippen MR) is 114 cm³/mol. The van der Waals surface area contributed by atoms with E-state index >= 15 is 0 Å². The molecule has 0 spiro atoms. The Morgan fingerprint density at radius 3 is 2.60 bits per heavy atom. The lowest BCUT2D eigenvalue weighted by molar-refractivity contribution is 0.0762. The smallest absolute Gasteiger partial charge is 0.322 e. The van der Waals surface area contributed by atoms with Crippen LogP contribution in [0.1, 0.15) is 22.3 Å². The van der Waals surface area contributed by atoms with Crippen LogP contribution in [0.5, 0.6) is 0 Å². The Balaban J connectivity index is 1.42. The summed E-state index contributed by atoms with van der Waals surface area (Å²) in [5, 5.41) is 7.13. The van der Waals surface area contributed by atoms with Gasteiger partial charge in [-0.3, -0.25) is 4.79 Å². The fraction of sp³-hybridized carbons (Fsp3) is 0.273. The quantitative estimate of drug-likeness (QED) is 0.728. The molecule has 3 heterocycles. The van der Waals surface area contributed by atoms with Gasteiger partial charge in [-0.2, -0.15) is 5.10 Å². The van der Waals surface area contributed by atoms with Crippen LogP contribution in [0.4, 0.5) is 10.5 Å². The number of nitrogens with zero attached hydrogens (tertiary/aromatic N) is 5. The highest BCUT2D eigenvalue weighted by Gasteiger charge is 2.23. The van der Waals surface area contributed by atoms with E-state index in [1.165, 1.54) is 0 Å². The number of urea groups is 1. The van der Waals surface area contributed by atoms with E-state index in [4.69, 9.17) is 0 Å². The first-order valence-electron chi connectivity index (χ1n) is 9.99. The van der Waals surface area contributed by atoms with Crippen LogP contribution in [0.3, 0.4) is 0 Å². The zero-order valence-electron chi connectivity index (χ0n) is 16.9. The summed E-state index contributed by atoms with van der Waals surface area (Å²) in [7, 11) is 0. The van der Waals surface area contributed by atoms with Gasteiger partial charge in [0.25, 0.3) is 5.91 Å². The topological polar surface area (TPSA) is 83.4 Å². The SMILES string of the molecule is Cc1cccc(C(=O)N2CCCN(C(=O)Nc3cccnc3-n3cccn3)CC2)c1. The first kappa shape index (κ1) is 19.6. The van der Waals surface area contributed by atoms with E-state index in [2.05, 4.69) is 15.4 Å². The van der Waals surface area contributed by atoms with Gasteiger partial charge in [-0.1, -0.05) is 17.7 Å². The van der Waals surface area contributed by atoms with Gasteiger partial charge in [0.15, 0.2) is 5.82 Å². The number of pyridine rings is 1. The molecule has 1 aromatic carbocycles. The fourth-order valence-electron chi connectivity index (χ4n) is 3.55. The highest BCUT2D eigenvalue weighted by molar-refractivity contribution is 5.94. The van der Waals surface area contributed by atoms with Crippen LogP contribution < -0.4 is 5.32 Å². The van der Waals surface area contributed by atoms with E-state index in [0.717, 1.165) is 12.0 Å². The van der Waals surface area contributed by atoms with Gasteiger partial charge in [0.05, 0.1) is 5.69 Å². The fourth-order valence-corrected chi connectivity index (χ4v) is 3.55. The Hall–Kier alpha value is -3.68. The van der Waals surface area contributed by atoms with E-state index < -0.39 is 0 Å². The van der Waals surface area contributed by atoms with Gasteiger partial charge >= 0.3 is 6.03 Å². The van der Waals surface area contributed by atoms with Gasteiger partial charge in [0.1, 0.15) is 0 Å². The van der Waals surface area contributed by atoms with Crippen LogP contribution >= 0.6 is 0 Å². The highest BCUT2D eigenvalue weighted by atomic mass is 16.2. The average molecular weight is 404 g/mol. The maximum Gasteiger partial charge on any atom is 0.322 e. The number of anilines is 1. The molecule has 30 heavy (non-hydrogen) atoms. The Labute approximate surface area is 175 Å². The van der Waals surface area contributed by atoms with Crippen LogP contribution in [0.15, 0.2) is 61.1 Å². The first-order chi connectivity index (χ1) is 14.6. The van der Waals surface area contributed by atoms with Crippen molar-refractivity contribution >= 4 is 17.6 Å². The third-order valence-electron chi connectivity index (χ3n) is 5.09. The third-order valence-corrected chi connectivity index (χ3v) is 5.09. The molecule has 2 aromatic heterocycles. The van der Waals surface area contributed by atoms with Crippen molar-refractivity contribution in [3.63, 3.8) is 0 Å². The number of hydrogen-bond acceptors (Lipinski definition) is 4. The third kappa shape index (κ3) is 4.32. The van der Waals surface area contributed by atoms with Gasteiger partial charge in [-0.15, -0.1) is 0 Å². The molecule has 4 rings (SSSR count). The molecule has 3 aromatic rings. The van der Waals surface area contributed by atoms with Gasteiger partial charge in [0, 0.05) is 50.3 Å². The normalized spacial score (nSPS) is 14.3. The number of aryl methyl sites for hydroxylation is 1. The summed E-state index contributed by atoms with van der Waals surface area (Å²) in [6.07, 6.45) is 5.82. The first-order valence-corrected chi connectivity index (χ1v) is 9.99. The van der Waals surface area contributed by atoms with Crippen molar-refractivity contribution in [1.82, 2.24) is 24.6 Å². The minimum atomic E-state index is -0.207. The van der Waals surface area contributed by atoms with Crippen molar-refractivity contribution in [2.75, 3.05) is 31.5 Å². The lowest BCUT2D eigenvalue weighted by Gasteiger charge is -2.23. The highest BCUT2D eigenvalue weighted by Crippen LogP contribution is 2.18. The second-order valence-electron chi connectivity index (χ2n) is 7.26. The molecule has 1 N–H and O–H groups in total. The van der Waals surface area contributed by atoms with E-state index in [0.29, 0.717) is 43.2 Å². The summed E-state index contributed by atoms with van der Waals surface area (Å²) in [4.78, 5) is 33.6. The molecule has 1 aliphatic rings. The molecule has 154 valence electrons. The van der Waals surface area contributed by atoms with Gasteiger partial charge in [-0.05, 0) is 43.7 Å². The molecule has 1 aliphatic heterocycles. The molecule has 0 aliphatic carbocycles.